The van der Waals surface area contributed by atoms with E-state index >= 15 is 0 Å². The third-order valence-electron chi connectivity index (χ3n) is 4.81. The van der Waals surface area contributed by atoms with Gasteiger partial charge in [-0.05, 0) is 62.2 Å². The molecule has 0 aliphatic rings. The van der Waals surface area contributed by atoms with E-state index in [0.717, 1.165) is 27.9 Å². The number of hydrogen-bond acceptors (Lipinski definition) is 3. The van der Waals surface area contributed by atoms with Gasteiger partial charge in [-0.2, -0.15) is 0 Å². The van der Waals surface area contributed by atoms with E-state index in [0.29, 0.717) is 16.5 Å². The molecule has 5 nitrogen and oxygen atoms in total. The van der Waals surface area contributed by atoms with Gasteiger partial charge in [-0.3, -0.25) is 4.79 Å². The number of aromatic nitrogens is 3. The summed E-state index contributed by atoms with van der Waals surface area (Å²) in [6, 6.07) is 21.1. The summed E-state index contributed by atoms with van der Waals surface area (Å²) in [5.41, 5.74) is 5.71. The van der Waals surface area contributed by atoms with Crippen LogP contribution in [0.25, 0.3) is 17.1 Å². The first-order valence-electron chi connectivity index (χ1n) is 9.59. The van der Waals surface area contributed by atoms with Crippen LogP contribution in [-0.4, -0.2) is 20.7 Å². The standard InChI is InChI=1S/C24H21ClN4O/c1-15-5-8-18(9-6-15)23-27-22(24(30)26-20-12-10-19(25)11-13-20)28-29(23)21-14-16(2)4-7-17(21)3/h4-14H,1-3H3,(H,26,30). The van der Waals surface area contributed by atoms with Crippen molar-refractivity contribution in [2.75, 3.05) is 5.32 Å². The molecule has 4 rings (SSSR count). The van der Waals surface area contributed by atoms with Gasteiger partial charge >= 0.3 is 0 Å². The second-order valence-electron chi connectivity index (χ2n) is 7.29. The first-order chi connectivity index (χ1) is 14.4. The van der Waals surface area contributed by atoms with Crippen LogP contribution in [0.2, 0.25) is 5.02 Å². The summed E-state index contributed by atoms with van der Waals surface area (Å²) in [6.07, 6.45) is 0. The van der Waals surface area contributed by atoms with Crippen molar-refractivity contribution in [3.8, 4) is 17.1 Å². The Bertz CT molecular complexity index is 1210. The van der Waals surface area contributed by atoms with E-state index in [2.05, 4.69) is 21.5 Å². The van der Waals surface area contributed by atoms with E-state index in [9.17, 15) is 4.79 Å². The molecule has 0 radical (unpaired) electrons. The highest BCUT2D eigenvalue weighted by molar-refractivity contribution is 6.30. The molecule has 0 unspecified atom stereocenters. The van der Waals surface area contributed by atoms with Gasteiger partial charge < -0.3 is 5.32 Å². The number of hydrogen-bond donors (Lipinski definition) is 1. The molecule has 0 spiro atoms. The molecule has 1 aromatic heterocycles. The molecule has 150 valence electrons. The Morgan fingerprint density at radius 3 is 2.27 bits per heavy atom. The lowest BCUT2D eigenvalue weighted by molar-refractivity contribution is 0.101. The summed E-state index contributed by atoms with van der Waals surface area (Å²) in [7, 11) is 0. The normalized spacial score (nSPS) is 10.8. The molecule has 1 amide bonds. The summed E-state index contributed by atoms with van der Waals surface area (Å²) in [6.45, 7) is 6.08. The number of benzene rings is 3. The molecule has 0 bridgehead atoms. The Morgan fingerprint density at radius 1 is 0.900 bits per heavy atom. The molecule has 0 saturated heterocycles. The van der Waals surface area contributed by atoms with Crippen LogP contribution in [0.1, 0.15) is 27.3 Å². The lowest BCUT2D eigenvalue weighted by Gasteiger charge is -2.10. The van der Waals surface area contributed by atoms with E-state index in [4.69, 9.17) is 11.6 Å². The molecular weight excluding hydrogens is 396 g/mol. The molecule has 30 heavy (non-hydrogen) atoms. The van der Waals surface area contributed by atoms with Gasteiger partial charge in [0, 0.05) is 16.3 Å². The number of aryl methyl sites for hydroxylation is 3. The van der Waals surface area contributed by atoms with Gasteiger partial charge in [0.25, 0.3) is 5.91 Å². The average molecular weight is 417 g/mol. The lowest BCUT2D eigenvalue weighted by atomic mass is 10.1. The predicted octanol–water partition coefficient (Wildman–Crippen LogP) is 5.77. The molecular formula is C24H21ClN4O. The maximum atomic E-state index is 12.9. The fraction of sp³-hybridized carbons (Fsp3) is 0.125. The number of anilines is 1. The Hall–Kier alpha value is -3.44. The fourth-order valence-electron chi connectivity index (χ4n) is 3.13. The maximum Gasteiger partial charge on any atom is 0.295 e. The SMILES string of the molecule is Cc1ccc(-c2nc(C(=O)Nc3ccc(Cl)cc3)nn2-c2cc(C)ccc2C)cc1. The van der Waals surface area contributed by atoms with Crippen molar-refractivity contribution in [1.82, 2.24) is 14.8 Å². The number of nitrogens with zero attached hydrogens (tertiary/aromatic N) is 3. The molecule has 6 heteroatoms. The van der Waals surface area contributed by atoms with Gasteiger partial charge in [-0.15, -0.1) is 5.10 Å². The Labute approximate surface area is 180 Å². The summed E-state index contributed by atoms with van der Waals surface area (Å²) >= 11 is 5.92. The molecule has 1 heterocycles. The van der Waals surface area contributed by atoms with E-state index < -0.39 is 0 Å². The predicted molar refractivity (Wildman–Crippen MR) is 120 cm³/mol. The zero-order chi connectivity index (χ0) is 21.3. The highest BCUT2D eigenvalue weighted by Crippen LogP contribution is 2.25. The number of carbonyl (C=O) groups is 1. The summed E-state index contributed by atoms with van der Waals surface area (Å²) in [4.78, 5) is 17.4. The molecule has 0 saturated carbocycles. The molecule has 0 aliphatic carbocycles. The van der Waals surface area contributed by atoms with Crippen LogP contribution in [0.15, 0.2) is 66.7 Å². The fourth-order valence-corrected chi connectivity index (χ4v) is 3.26. The highest BCUT2D eigenvalue weighted by Gasteiger charge is 2.20. The van der Waals surface area contributed by atoms with Crippen LogP contribution in [0.4, 0.5) is 5.69 Å². The molecule has 4 aromatic rings. The van der Waals surface area contributed by atoms with Crippen molar-refractivity contribution < 1.29 is 4.79 Å². The summed E-state index contributed by atoms with van der Waals surface area (Å²) in [5, 5.41) is 7.99. The Kier molecular flexibility index (Phi) is 5.38. The second-order valence-corrected chi connectivity index (χ2v) is 7.72. The topological polar surface area (TPSA) is 59.8 Å². The van der Waals surface area contributed by atoms with E-state index in [1.165, 1.54) is 0 Å². The van der Waals surface area contributed by atoms with Crippen molar-refractivity contribution in [3.63, 3.8) is 0 Å². The van der Waals surface area contributed by atoms with Crippen LogP contribution >= 0.6 is 11.6 Å². The number of nitrogens with one attached hydrogen (secondary N) is 1. The van der Waals surface area contributed by atoms with Crippen LogP contribution in [0.3, 0.4) is 0 Å². The summed E-state index contributed by atoms with van der Waals surface area (Å²) in [5.74, 6) is 0.334. The zero-order valence-corrected chi connectivity index (χ0v) is 17.7. The van der Waals surface area contributed by atoms with E-state index in [-0.39, 0.29) is 11.7 Å². The van der Waals surface area contributed by atoms with Crippen LogP contribution in [-0.2, 0) is 0 Å². The van der Waals surface area contributed by atoms with Gasteiger partial charge in [0.1, 0.15) is 0 Å². The molecule has 0 fully saturated rings. The summed E-state index contributed by atoms with van der Waals surface area (Å²) < 4.78 is 1.74. The number of rotatable bonds is 4. The van der Waals surface area contributed by atoms with Crippen molar-refractivity contribution in [3.05, 3.63) is 94.3 Å². The van der Waals surface area contributed by atoms with Gasteiger partial charge in [0.05, 0.1) is 5.69 Å². The number of carbonyl (C=O) groups excluding carboxylic acids is 1. The van der Waals surface area contributed by atoms with Crippen molar-refractivity contribution >= 4 is 23.2 Å². The number of amides is 1. The first-order valence-corrected chi connectivity index (χ1v) is 9.97. The van der Waals surface area contributed by atoms with Gasteiger partial charge in [-0.25, -0.2) is 9.67 Å². The Balaban J connectivity index is 1.79. The van der Waals surface area contributed by atoms with E-state index in [1.54, 1.807) is 28.9 Å². The van der Waals surface area contributed by atoms with Crippen LogP contribution < -0.4 is 5.32 Å². The van der Waals surface area contributed by atoms with Gasteiger partial charge in [0.2, 0.25) is 5.82 Å². The minimum atomic E-state index is -0.380. The number of halogens is 1. The van der Waals surface area contributed by atoms with Crippen LogP contribution in [0, 0.1) is 20.8 Å². The highest BCUT2D eigenvalue weighted by atomic mass is 35.5. The monoisotopic (exact) mass is 416 g/mol. The maximum absolute atomic E-state index is 12.9. The third kappa shape index (κ3) is 4.11. The van der Waals surface area contributed by atoms with Gasteiger partial charge in [0.15, 0.2) is 5.82 Å². The molecule has 0 atom stereocenters. The zero-order valence-electron chi connectivity index (χ0n) is 17.0. The quantitative estimate of drug-likeness (QED) is 0.459. The largest absolute Gasteiger partial charge is 0.319 e. The van der Waals surface area contributed by atoms with Crippen molar-refractivity contribution in [2.45, 2.75) is 20.8 Å². The molecule has 1 N–H and O–H groups in total. The lowest BCUT2D eigenvalue weighted by Crippen LogP contribution is -2.14. The Morgan fingerprint density at radius 2 is 1.57 bits per heavy atom. The smallest absolute Gasteiger partial charge is 0.295 e. The minimum absolute atomic E-state index is 0.0985. The molecule has 0 aliphatic heterocycles. The van der Waals surface area contributed by atoms with E-state index in [1.807, 2.05) is 57.2 Å². The first kappa shape index (κ1) is 19.9. The van der Waals surface area contributed by atoms with Gasteiger partial charge in [-0.1, -0.05) is 53.6 Å². The minimum Gasteiger partial charge on any atom is -0.319 e. The average Bonchev–Trinajstić information content (AvgIpc) is 3.17. The van der Waals surface area contributed by atoms with Crippen LogP contribution in [0.5, 0.6) is 0 Å². The van der Waals surface area contributed by atoms with Crippen molar-refractivity contribution in [1.29, 1.82) is 0 Å². The molecule has 3 aromatic carbocycles. The second kappa shape index (κ2) is 8.13. The van der Waals surface area contributed by atoms with Crippen molar-refractivity contribution in [2.24, 2.45) is 0 Å². The third-order valence-corrected chi connectivity index (χ3v) is 5.07.